The van der Waals surface area contributed by atoms with Crippen LogP contribution in [0, 0.1) is 0 Å². The maximum Gasteiger partial charge on any atom is 0.220 e. The zero-order valence-electron chi connectivity index (χ0n) is 13.4. The van der Waals surface area contributed by atoms with Crippen LogP contribution in [0.3, 0.4) is 0 Å². The Kier molecular flexibility index (Phi) is 4.93. The molecule has 0 aliphatic carbocycles. The molecular weight excluding hydrogens is 310 g/mol. The molecule has 0 unspecified atom stereocenters. The minimum Gasteiger partial charge on any atom is -0.496 e. The highest BCUT2D eigenvalue weighted by atomic mass is 32.1. The summed E-state index contributed by atoms with van der Waals surface area (Å²) in [4.78, 5) is 20.7. The van der Waals surface area contributed by atoms with Gasteiger partial charge in [-0.05, 0) is 6.07 Å². The van der Waals surface area contributed by atoms with Gasteiger partial charge in [0, 0.05) is 44.0 Å². The van der Waals surface area contributed by atoms with Crippen molar-refractivity contribution in [3.8, 4) is 5.75 Å². The highest BCUT2D eigenvalue weighted by Gasteiger charge is 2.31. The number of carbonyl (C=O) groups is 1. The lowest BCUT2D eigenvalue weighted by atomic mass is 10.0. The number of methoxy groups -OCH3 is 1. The van der Waals surface area contributed by atoms with Crippen LogP contribution in [-0.4, -0.2) is 47.4 Å². The van der Waals surface area contributed by atoms with Crippen LogP contribution in [-0.2, 0) is 11.3 Å². The molecule has 5 nitrogen and oxygen atoms in total. The van der Waals surface area contributed by atoms with E-state index in [2.05, 4.69) is 15.3 Å². The van der Waals surface area contributed by atoms with Gasteiger partial charge in [0.15, 0.2) is 0 Å². The largest absolute Gasteiger partial charge is 0.496 e. The van der Waals surface area contributed by atoms with Gasteiger partial charge in [0.1, 0.15) is 5.75 Å². The zero-order valence-corrected chi connectivity index (χ0v) is 14.3. The molecular formula is C17H21N3O2S. The van der Waals surface area contributed by atoms with Gasteiger partial charge in [-0.1, -0.05) is 18.2 Å². The van der Waals surface area contributed by atoms with Crippen LogP contribution in [0.5, 0.6) is 5.75 Å². The molecule has 122 valence electrons. The number of carbonyl (C=O) groups excluding carboxylic acids is 1. The molecule has 1 atom stereocenters. The summed E-state index contributed by atoms with van der Waals surface area (Å²) < 4.78 is 5.50. The predicted octanol–water partition coefficient (Wildman–Crippen LogP) is 2.56. The maximum absolute atomic E-state index is 12.1. The Bertz CT molecular complexity index is 660. The van der Waals surface area contributed by atoms with Crippen molar-refractivity contribution in [2.45, 2.75) is 19.5 Å². The van der Waals surface area contributed by atoms with Crippen molar-refractivity contribution < 1.29 is 9.53 Å². The first kappa shape index (κ1) is 16.0. The van der Waals surface area contributed by atoms with Crippen molar-refractivity contribution >= 4 is 17.2 Å². The number of benzene rings is 1. The standard InChI is InChI=1S/C17H21N3O2S/c1-13(21)20-8-7-19(9-14-11-23-12-18-14)10-16(20)15-5-3-4-6-17(15)22-2/h3-6,11-12,16H,7-10H2,1-2H3/t16-/m1/s1. The van der Waals surface area contributed by atoms with Crippen LogP contribution in [0.2, 0.25) is 0 Å². The third-order valence-electron chi connectivity index (χ3n) is 4.24. The molecule has 0 radical (unpaired) electrons. The van der Waals surface area contributed by atoms with Gasteiger partial charge in [-0.2, -0.15) is 0 Å². The lowest BCUT2D eigenvalue weighted by molar-refractivity contribution is -0.134. The molecule has 0 spiro atoms. The van der Waals surface area contributed by atoms with Crippen LogP contribution in [0.1, 0.15) is 24.2 Å². The Hall–Kier alpha value is -1.92. The van der Waals surface area contributed by atoms with E-state index in [1.165, 1.54) is 0 Å². The average Bonchev–Trinajstić information content (AvgIpc) is 3.07. The van der Waals surface area contributed by atoms with Crippen molar-refractivity contribution in [2.75, 3.05) is 26.7 Å². The maximum atomic E-state index is 12.1. The summed E-state index contributed by atoms with van der Waals surface area (Å²) in [6, 6.07) is 7.96. The Morgan fingerprint density at radius 2 is 2.22 bits per heavy atom. The molecule has 1 saturated heterocycles. The fourth-order valence-corrected chi connectivity index (χ4v) is 3.66. The Morgan fingerprint density at radius 1 is 1.39 bits per heavy atom. The van der Waals surface area contributed by atoms with Crippen molar-refractivity contribution in [3.05, 3.63) is 46.4 Å². The van der Waals surface area contributed by atoms with E-state index in [1.807, 2.05) is 34.7 Å². The van der Waals surface area contributed by atoms with Crippen LogP contribution in [0.15, 0.2) is 35.2 Å². The molecule has 1 aromatic heterocycles. The number of thiazole rings is 1. The average molecular weight is 331 g/mol. The minimum absolute atomic E-state index is 0.0102. The van der Waals surface area contributed by atoms with Crippen molar-refractivity contribution in [3.63, 3.8) is 0 Å². The molecule has 6 heteroatoms. The van der Waals surface area contributed by atoms with E-state index in [1.54, 1.807) is 25.4 Å². The molecule has 3 rings (SSSR count). The summed E-state index contributed by atoms with van der Waals surface area (Å²) >= 11 is 1.61. The smallest absolute Gasteiger partial charge is 0.220 e. The van der Waals surface area contributed by atoms with Crippen LogP contribution in [0.25, 0.3) is 0 Å². The molecule has 1 aliphatic heterocycles. The number of amides is 1. The van der Waals surface area contributed by atoms with E-state index < -0.39 is 0 Å². The summed E-state index contributed by atoms with van der Waals surface area (Å²) in [5.41, 5.74) is 4.01. The van der Waals surface area contributed by atoms with Gasteiger partial charge in [0.2, 0.25) is 5.91 Å². The monoisotopic (exact) mass is 331 g/mol. The number of aromatic nitrogens is 1. The zero-order chi connectivity index (χ0) is 16.2. The second kappa shape index (κ2) is 7.10. The third kappa shape index (κ3) is 3.54. The molecule has 2 heterocycles. The molecule has 0 bridgehead atoms. The number of ether oxygens (including phenoxy) is 1. The second-order valence-corrected chi connectivity index (χ2v) is 6.40. The molecule has 2 aromatic rings. The highest BCUT2D eigenvalue weighted by Crippen LogP contribution is 2.32. The number of hydrogen-bond donors (Lipinski definition) is 0. The van der Waals surface area contributed by atoms with Crippen molar-refractivity contribution in [2.24, 2.45) is 0 Å². The lowest BCUT2D eigenvalue weighted by Crippen LogP contribution is -2.49. The SMILES string of the molecule is COc1ccccc1[C@H]1CN(Cc2cscn2)CCN1C(C)=O. The van der Waals surface area contributed by atoms with E-state index in [4.69, 9.17) is 4.74 Å². The van der Waals surface area contributed by atoms with E-state index >= 15 is 0 Å². The van der Waals surface area contributed by atoms with E-state index in [0.29, 0.717) is 0 Å². The molecule has 1 aromatic carbocycles. The molecule has 1 amide bonds. The van der Waals surface area contributed by atoms with Crippen molar-refractivity contribution in [1.29, 1.82) is 0 Å². The van der Waals surface area contributed by atoms with Crippen LogP contribution < -0.4 is 4.74 Å². The molecule has 0 saturated carbocycles. The molecule has 0 N–H and O–H groups in total. The summed E-state index contributed by atoms with van der Waals surface area (Å²) in [7, 11) is 1.67. The van der Waals surface area contributed by atoms with E-state index in [0.717, 1.165) is 43.2 Å². The van der Waals surface area contributed by atoms with Crippen LogP contribution in [0.4, 0.5) is 0 Å². The normalized spacial score (nSPS) is 18.9. The fraction of sp³-hybridized carbons (Fsp3) is 0.412. The predicted molar refractivity (Wildman–Crippen MR) is 90.5 cm³/mol. The highest BCUT2D eigenvalue weighted by molar-refractivity contribution is 7.07. The first-order chi connectivity index (χ1) is 11.2. The van der Waals surface area contributed by atoms with Gasteiger partial charge >= 0.3 is 0 Å². The summed E-state index contributed by atoms with van der Waals surface area (Å²) in [6.45, 7) is 4.84. The van der Waals surface area contributed by atoms with Gasteiger partial charge < -0.3 is 9.64 Å². The Labute approximate surface area is 140 Å². The molecule has 1 fully saturated rings. The first-order valence-electron chi connectivity index (χ1n) is 7.68. The second-order valence-electron chi connectivity index (χ2n) is 5.69. The van der Waals surface area contributed by atoms with Gasteiger partial charge in [-0.15, -0.1) is 11.3 Å². The van der Waals surface area contributed by atoms with Gasteiger partial charge in [0.05, 0.1) is 24.4 Å². The van der Waals surface area contributed by atoms with Gasteiger partial charge in [-0.25, -0.2) is 4.98 Å². The van der Waals surface area contributed by atoms with Crippen LogP contribution >= 0.6 is 11.3 Å². The number of piperazine rings is 1. The minimum atomic E-state index is 0.0102. The van der Waals surface area contributed by atoms with Crippen molar-refractivity contribution in [1.82, 2.24) is 14.8 Å². The van der Waals surface area contributed by atoms with E-state index in [-0.39, 0.29) is 11.9 Å². The summed E-state index contributed by atoms with van der Waals surface area (Å²) in [5.74, 6) is 0.938. The molecule has 1 aliphatic rings. The number of rotatable bonds is 4. The number of hydrogen-bond acceptors (Lipinski definition) is 5. The molecule has 23 heavy (non-hydrogen) atoms. The lowest BCUT2D eigenvalue weighted by Gasteiger charge is -2.41. The summed E-state index contributed by atoms with van der Waals surface area (Å²) in [5, 5.41) is 2.08. The topological polar surface area (TPSA) is 45.7 Å². The van der Waals surface area contributed by atoms with E-state index in [9.17, 15) is 4.79 Å². The first-order valence-corrected chi connectivity index (χ1v) is 8.63. The quantitative estimate of drug-likeness (QED) is 0.864. The third-order valence-corrected chi connectivity index (χ3v) is 4.87. The Morgan fingerprint density at radius 3 is 2.91 bits per heavy atom. The fourth-order valence-electron chi connectivity index (χ4n) is 3.11. The van der Waals surface area contributed by atoms with Gasteiger partial charge in [-0.3, -0.25) is 9.69 Å². The Balaban J connectivity index is 1.84. The number of nitrogens with zero attached hydrogens (tertiary/aromatic N) is 3. The summed E-state index contributed by atoms with van der Waals surface area (Å²) in [6.07, 6.45) is 0. The van der Waals surface area contributed by atoms with Gasteiger partial charge in [0.25, 0.3) is 0 Å². The number of para-hydroxylation sites is 1.